The minimum atomic E-state index is 0.0119. The van der Waals surface area contributed by atoms with E-state index in [0.29, 0.717) is 10.1 Å². The van der Waals surface area contributed by atoms with Crippen LogP contribution in [-0.4, -0.2) is 46.8 Å². The number of likely N-dealkylation sites (N-methyl/N-ethyl adjacent to an activating group) is 1. The van der Waals surface area contributed by atoms with Crippen LogP contribution in [-0.2, 0) is 11.3 Å². The Hall–Kier alpha value is -0.470. The molecule has 2 rings (SSSR count). The fourth-order valence-electron chi connectivity index (χ4n) is 1.95. The zero-order valence-corrected chi connectivity index (χ0v) is 12.0. The van der Waals surface area contributed by atoms with Gasteiger partial charge >= 0.3 is 0 Å². The average molecular weight is 349 g/mol. The van der Waals surface area contributed by atoms with Crippen LogP contribution in [0, 0.1) is 3.57 Å². The second-order valence-electron chi connectivity index (χ2n) is 4.09. The molecule has 1 atom stereocenters. The number of rotatable bonds is 3. The first-order valence-electron chi connectivity index (χ1n) is 5.74. The van der Waals surface area contributed by atoms with Crippen molar-refractivity contribution < 1.29 is 4.74 Å². The van der Waals surface area contributed by atoms with Gasteiger partial charge in [0.25, 0.3) is 5.56 Å². The number of aromatic nitrogens is 2. The molecular formula is C11H16IN3O2. The van der Waals surface area contributed by atoms with Crippen LogP contribution in [0.25, 0.3) is 0 Å². The molecule has 0 saturated carbocycles. The van der Waals surface area contributed by atoms with E-state index in [1.807, 2.05) is 22.6 Å². The lowest BCUT2D eigenvalue weighted by Gasteiger charge is -2.32. The molecule has 0 radical (unpaired) electrons. The summed E-state index contributed by atoms with van der Waals surface area (Å²) in [5.74, 6) is 0. The molecule has 0 amide bonds. The smallest absolute Gasteiger partial charge is 0.266 e. The van der Waals surface area contributed by atoms with E-state index < -0.39 is 0 Å². The van der Waals surface area contributed by atoms with Gasteiger partial charge in [0.05, 0.1) is 29.2 Å². The van der Waals surface area contributed by atoms with Crippen molar-refractivity contribution in [2.24, 2.45) is 0 Å². The maximum atomic E-state index is 11.8. The molecule has 0 N–H and O–H groups in total. The Morgan fingerprint density at radius 3 is 3.24 bits per heavy atom. The van der Waals surface area contributed by atoms with E-state index in [0.717, 1.165) is 26.2 Å². The summed E-state index contributed by atoms with van der Waals surface area (Å²) < 4.78 is 7.95. The summed E-state index contributed by atoms with van der Waals surface area (Å²) in [5, 5.41) is 0. The van der Waals surface area contributed by atoms with E-state index in [1.165, 1.54) is 0 Å². The van der Waals surface area contributed by atoms with Crippen LogP contribution in [0.4, 0.5) is 0 Å². The molecule has 0 aromatic carbocycles. The molecule has 0 spiro atoms. The number of nitrogens with zero attached hydrogens (tertiary/aromatic N) is 3. The Kier molecular flexibility index (Phi) is 4.52. The van der Waals surface area contributed by atoms with Gasteiger partial charge in [0.15, 0.2) is 0 Å². The maximum Gasteiger partial charge on any atom is 0.266 e. The van der Waals surface area contributed by atoms with Crippen LogP contribution < -0.4 is 5.56 Å². The Morgan fingerprint density at radius 1 is 1.65 bits per heavy atom. The largest absolute Gasteiger partial charge is 0.374 e. The summed E-state index contributed by atoms with van der Waals surface area (Å²) in [4.78, 5) is 18.2. The highest BCUT2D eigenvalue weighted by atomic mass is 127. The highest BCUT2D eigenvalue weighted by Gasteiger charge is 2.20. The van der Waals surface area contributed by atoms with Gasteiger partial charge in [0.2, 0.25) is 0 Å². The predicted molar refractivity (Wildman–Crippen MR) is 73.1 cm³/mol. The van der Waals surface area contributed by atoms with Crippen molar-refractivity contribution in [2.75, 3.05) is 26.2 Å². The first kappa shape index (κ1) is 13.0. The maximum absolute atomic E-state index is 11.8. The quantitative estimate of drug-likeness (QED) is 0.749. The van der Waals surface area contributed by atoms with Crippen LogP contribution in [0.1, 0.15) is 6.92 Å². The molecule has 1 fully saturated rings. The lowest BCUT2D eigenvalue weighted by atomic mass is 10.2. The number of hydrogen-bond donors (Lipinski definition) is 0. The standard InChI is InChI=1S/C11H16IN3O2/c1-2-14-3-4-17-9(6-14)7-15-8-13-5-10(12)11(15)16/h5,8-9H,2-4,6-7H2,1H3. The molecule has 1 aliphatic heterocycles. The van der Waals surface area contributed by atoms with Gasteiger partial charge in [-0.05, 0) is 29.1 Å². The van der Waals surface area contributed by atoms with Crippen LogP contribution in [0.3, 0.4) is 0 Å². The highest BCUT2D eigenvalue weighted by Crippen LogP contribution is 2.06. The van der Waals surface area contributed by atoms with Gasteiger partial charge in [-0.1, -0.05) is 6.92 Å². The number of hydrogen-bond acceptors (Lipinski definition) is 4. The predicted octanol–water partition coefficient (Wildman–Crippen LogP) is 0.569. The van der Waals surface area contributed by atoms with Gasteiger partial charge < -0.3 is 4.74 Å². The van der Waals surface area contributed by atoms with E-state index in [1.54, 1.807) is 17.1 Å². The van der Waals surface area contributed by atoms with Crippen molar-refractivity contribution in [2.45, 2.75) is 19.6 Å². The first-order valence-corrected chi connectivity index (χ1v) is 6.82. The zero-order valence-electron chi connectivity index (χ0n) is 9.80. The normalized spacial score (nSPS) is 21.6. The van der Waals surface area contributed by atoms with Crippen LogP contribution in [0.15, 0.2) is 17.3 Å². The molecule has 6 heteroatoms. The van der Waals surface area contributed by atoms with Crippen molar-refractivity contribution in [3.8, 4) is 0 Å². The van der Waals surface area contributed by atoms with Crippen LogP contribution >= 0.6 is 22.6 Å². The minimum absolute atomic E-state index is 0.0119. The summed E-state index contributed by atoms with van der Waals surface area (Å²) in [6.07, 6.45) is 3.25. The molecule has 1 aromatic rings. The fourth-order valence-corrected chi connectivity index (χ4v) is 2.42. The lowest BCUT2D eigenvalue weighted by molar-refractivity contribution is -0.0348. The second-order valence-corrected chi connectivity index (χ2v) is 5.25. The van der Waals surface area contributed by atoms with Crippen molar-refractivity contribution >= 4 is 22.6 Å². The molecule has 0 aliphatic carbocycles. The van der Waals surface area contributed by atoms with Gasteiger partial charge in [0.1, 0.15) is 0 Å². The highest BCUT2D eigenvalue weighted by molar-refractivity contribution is 14.1. The third-order valence-electron chi connectivity index (χ3n) is 2.93. The SMILES string of the molecule is CCN1CCOC(Cn2cncc(I)c2=O)C1. The monoisotopic (exact) mass is 349 g/mol. The molecule has 5 nitrogen and oxygen atoms in total. The third-order valence-corrected chi connectivity index (χ3v) is 3.67. The van der Waals surface area contributed by atoms with E-state index in [4.69, 9.17) is 4.74 Å². The fraction of sp³-hybridized carbons (Fsp3) is 0.636. The Morgan fingerprint density at radius 2 is 2.47 bits per heavy atom. The molecule has 1 unspecified atom stereocenters. The lowest BCUT2D eigenvalue weighted by Crippen LogP contribution is -2.45. The molecule has 1 saturated heterocycles. The molecule has 17 heavy (non-hydrogen) atoms. The number of ether oxygens (including phenoxy) is 1. The van der Waals surface area contributed by atoms with Gasteiger partial charge in [0, 0.05) is 19.3 Å². The minimum Gasteiger partial charge on any atom is -0.374 e. The second kappa shape index (κ2) is 5.92. The number of halogens is 1. The average Bonchev–Trinajstić information content (AvgIpc) is 2.35. The van der Waals surface area contributed by atoms with E-state index in [2.05, 4.69) is 16.8 Å². The van der Waals surface area contributed by atoms with Crippen LogP contribution in [0.5, 0.6) is 0 Å². The third kappa shape index (κ3) is 3.26. The number of morpholine rings is 1. The van der Waals surface area contributed by atoms with E-state index in [9.17, 15) is 4.79 Å². The van der Waals surface area contributed by atoms with Crippen molar-refractivity contribution in [1.29, 1.82) is 0 Å². The first-order chi connectivity index (χ1) is 8.20. The molecular weight excluding hydrogens is 333 g/mol. The summed E-state index contributed by atoms with van der Waals surface area (Å²) >= 11 is 2.01. The summed E-state index contributed by atoms with van der Waals surface area (Å²) in [5.41, 5.74) is 0.0119. The Labute approximate surface area is 114 Å². The van der Waals surface area contributed by atoms with Crippen molar-refractivity contribution in [3.05, 3.63) is 26.4 Å². The van der Waals surface area contributed by atoms with Gasteiger partial charge in [-0.3, -0.25) is 14.3 Å². The Bertz CT molecular complexity index is 435. The molecule has 94 valence electrons. The van der Waals surface area contributed by atoms with Gasteiger partial charge in [-0.25, -0.2) is 4.98 Å². The summed E-state index contributed by atoms with van der Waals surface area (Å²) in [6, 6.07) is 0. The molecule has 0 bridgehead atoms. The van der Waals surface area contributed by atoms with Gasteiger partial charge in [-0.2, -0.15) is 0 Å². The Balaban J connectivity index is 2.05. The molecule has 1 aromatic heterocycles. The van der Waals surface area contributed by atoms with E-state index >= 15 is 0 Å². The summed E-state index contributed by atoms with van der Waals surface area (Å²) in [6.45, 7) is 6.35. The van der Waals surface area contributed by atoms with Crippen molar-refractivity contribution in [3.63, 3.8) is 0 Å². The van der Waals surface area contributed by atoms with Gasteiger partial charge in [-0.15, -0.1) is 0 Å². The topological polar surface area (TPSA) is 47.4 Å². The summed E-state index contributed by atoms with van der Waals surface area (Å²) in [7, 11) is 0. The van der Waals surface area contributed by atoms with E-state index in [-0.39, 0.29) is 11.7 Å². The molecule has 1 aliphatic rings. The zero-order chi connectivity index (χ0) is 12.3. The van der Waals surface area contributed by atoms with Crippen molar-refractivity contribution in [1.82, 2.24) is 14.5 Å². The van der Waals surface area contributed by atoms with Crippen LogP contribution in [0.2, 0.25) is 0 Å². The molecule has 2 heterocycles.